The van der Waals surface area contributed by atoms with Crippen LogP contribution in [-0.4, -0.2) is 40.0 Å². The standard InChI is InChI=1S/C19H23N3O3/c1-13-9-14(2)21-18(23)17(13)19(24)22-8-4-6-16(11-22)25-12-15-5-3-7-20-10-15/h3,5,7,9-10,16H,4,6,8,11-12H2,1-2H3,(H,21,23)/t16-/m0/s1. The van der Waals surface area contributed by atoms with E-state index >= 15 is 0 Å². The molecule has 0 aliphatic carbocycles. The first-order chi connectivity index (χ1) is 12.0. The molecule has 0 saturated carbocycles. The summed E-state index contributed by atoms with van der Waals surface area (Å²) in [4.78, 5) is 33.5. The number of rotatable bonds is 4. The summed E-state index contributed by atoms with van der Waals surface area (Å²) in [5.74, 6) is -0.214. The molecule has 3 rings (SSSR count). The Balaban J connectivity index is 1.67. The molecule has 132 valence electrons. The lowest BCUT2D eigenvalue weighted by atomic mass is 10.0. The molecule has 1 saturated heterocycles. The molecule has 1 N–H and O–H groups in total. The SMILES string of the molecule is Cc1cc(C)c(C(=O)N2CCC[C@H](OCc3cccnc3)C2)c(=O)[nH]1. The summed E-state index contributed by atoms with van der Waals surface area (Å²) in [5.41, 5.74) is 2.40. The predicted molar refractivity (Wildman–Crippen MR) is 94.5 cm³/mol. The van der Waals surface area contributed by atoms with Crippen LogP contribution in [0.1, 0.15) is 40.0 Å². The smallest absolute Gasteiger partial charge is 0.261 e. The van der Waals surface area contributed by atoms with E-state index in [2.05, 4.69) is 9.97 Å². The maximum absolute atomic E-state index is 12.8. The average molecular weight is 341 g/mol. The summed E-state index contributed by atoms with van der Waals surface area (Å²) in [6.45, 7) is 5.25. The van der Waals surface area contributed by atoms with Gasteiger partial charge in [0.25, 0.3) is 11.5 Å². The molecule has 1 fully saturated rings. The van der Waals surface area contributed by atoms with Gasteiger partial charge in [-0.3, -0.25) is 14.6 Å². The zero-order chi connectivity index (χ0) is 17.8. The number of H-pyrrole nitrogens is 1. The van der Waals surface area contributed by atoms with Crippen molar-refractivity contribution in [3.63, 3.8) is 0 Å². The number of nitrogens with one attached hydrogen (secondary N) is 1. The Hall–Kier alpha value is -2.47. The molecule has 0 aromatic carbocycles. The summed E-state index contributed by atoms with van der Waals surface area (Å²) < 4.78 is 5.95. The van der Waals surface area contributed by atoms with Crippen LogP contribution in [0.25, 0.3) is 0 Å². The average Bonchev–Trinajstić information content (AvgIpc) is 2.60. The summed E-state index contributed by atoms with van der Waals surface area (Å²) in [6, 6.07) is 5.67. The van der Waals surface area contributed by atoms with E-state index in [9.17, 15) is 9.59 Å². The van der Waals surface area contributed by atoms with Gasteiger partial charge in [-0.15, -0.1) is 0 Å². The molecule has 6 heteroatoms. The van der Waals surface area contributed by atoms with Crippen LogP contribution in [0.2, 0.25) is 0 Å². The molecule has 2 aromatic rings. The topological polar surface area (TPSA) is 75.3 Å². The molecule has 0 unspecified atom stereocenters. The number of ether oxygens (including phenoxy) is 1. The van der Waals surface area contributed by atoms with Gasteiger partial charge in [-0.2, -0.15) is 0 Å². The fraction of sp³-hybridized carbons (Fsp3) is 0.421. The lowest BCUT2D eigenvalue weighted by molar-refractivity contribution is -0.00688. The monoisotopic (exact) mass is 341 g/mol. The van der Waals surface area contributed by atoms with Crippen LogP contribution >= 0.6 is 0 Å². The van der Waals surface area contributed by atoms with Gasteiger partial charge in [0.05, 0.1) is 12.7 Å². The van der Waals surface area contributed by atoms with Crippen molar-refractivity contribution in [3.8, 4) is 0 Å². The van der Waals surface area contributed by atoms with Crippen molar-refractivity contribution in [2.24, 2.45) is 0 Å². The first-order valence-corrected chi connectivity index (χ1v) is 8.55. The van der Waals surface area contributed by atoms with Crippen LogP contribution in [-0.2, 0) is 11.3 Å². The number of aromatic amines is 1. The van der Waals surface area contributed by atoms with Gasteiger partial charge in [0.15, 0.2) is 0 Å². The van der Waals surface area contributed by atoms with Gasteiger partial charge in [-0.25, -0.2) is 0 Å². The second-order valence-electron chi connectivity index (χ2n) is 6.53. The molecule has 1 aliphatic rings. The first-order valence-electron chi connectivity index (χ1n) is 8.55. The number of pyridine rings is 2. The molecule has 6 nitrogen and oxygen atoms in total. The van der Waals surface area contributed by atoms with Crippen LogP contribution in [0, 0.1) is 13.8 Å². The Labute approximate surface area is 146 Å². The van der Waals surface area contributed by atoms with Crippen molar-refractivity contribution in [3.05, 3.63) is 63.3 Å². The molecule has 25 heavy (non-hydrogen) atoms. The zero-order valence-electron chi connectivity index (χ0n) is 14.6. The highest BCUT2D eigenvalue weighted by atomic mass is 16.5. The van der Waals surface area contributed by atoms with Gasteiger partial charge in [-0.1, -0.05) is 6.07 Å². The Bertz CT molecular complexity index is 801. The Morgan fingerprint density at radius 1 is 1.44 bits per heavy atom. The highest BCUT2D eigenvalue weighted by molar-refractivity contribution is 5.95. The number of carbonyl (C=O) groups excluding carboxylic acids is 1. The predicted octanol–water partition coefficient (Wildman–Crippen LogP) is 2.21. The minimum atomic E-state index is -0.319. The second kappa shape index (κ2) is 7.61. The molecule has 0 spiro atoms. The van der Waals surface area contributed by atoms with Gasteiger partial charge >= 0.3 is 0 Å². The molecule has 0 radical (unpaired) electrons. The van der Waals surface area contributed by atoms with E-state index in [1.54, 1.807) is 24.2 Å². The maximum atomic E-state index is 12.8. The summed E-state index contributed by atoms with van der Waals surface area (Å²) in [7, 11) is 0. The third-order valence-corrected chi connectivity index (χ3v) is 4.45. The molecule has 3 heterocycles. The quantitative estimate of drug-likeness (QED) is 0.925. The van der Waals surface area contributed by atoms with E-state index in [4.69, 9.17) is 4.74 Å². The van der Waals surface area contributed by atoms with E-state index in [-0.39, 0.29) is 23.1 Å². The summed E-state index contributed by atoms with van der Waals surface area (Å²) >= 11 is 0. The number of hydrogen-bond acceptors (Lipinski definition) is 4. The molecular weight excluding hydrogens is 318 g/mol. The van der Waals surface area contributed by atoms with Crippen molar-refractivity contribution >= 4 is 5.91 Å². The fourth-order valence-electron chi connectivity index (χ4n) is 3.23. The largest absolute Gasteiger partial charge is 0.372 e. The normalized spacial score (nSPS) is 17.5. The third-order valence-electron chi connectivity index (χ3n) is 4.45. The molecule has 1 amide bonds. The second-order valence-corrected chi connectivity index (χ2v) is 6.53. The van der Waals surface area contributed by atoms with Crippen molar-refractivity contribution in [1.29, 1.82) is 0 Å². The summed E-state index contributed by atoms with van der Waals surface area (Å²) in [6.07, 6.45) is 5.26. The number of amides is 1. The van der Waals surface area contributed by atoms with Crippen molar-refractivity contribution in [1.82, 2.24) is 14.9 Å². The minimum absolute atomic E-state index is 0.0252. The first kappa shape index (κ1) is 17.4. The van der Waals surface area contributed by atoms with E-state index < -0.39 is 0 Å². The summed E-state index contributed by atoms with van der Waals surface area (Å²) in [5, 5.41) is 0. The Morgan fingerprint density at radius 2 is 2.28 bits per heavy atom. The number of aryl methyl sites for hydroxylation is 2. The number of carbonyl (C=O) groups is 1. The zero-order valence-corrected chi connectivity index (χ0v) is 14.6. The van der Waals surface area contributed by atoms with E-state index in [0.717, 1.165) is 24.1 Å². The van der Waals surface area contributed by atoms with Gasteiger partial charge in [0, 0.05) is 31.2 Å². The number of nitrogens with zero attached hydrogens (tertiary/aromatic N) is 2. The van der Waals surface area contributed by atoms with E-state index in [0.29, 0.717) is 25.3 Å². The maximum Gasteiger partial charge on any atom is 0.261 e. The van der Waals surface area contributed by atoms with Crippen molar-refractivity contribution in [2.75, 3.05) is 13.1 Å². The van der Waals surface area contributed by atoms with E-state index in [1.807, 2.05) is 25.1 Å². The third kappa shape index (κ3) is 4.14. The highest BCUT2D eigenvalue weighted by Gasteiger charge is 2.27. The molecule has 0 bridgehead atoms. The molecular formula is C19H23N3O3. The van der Waals surface area contributed by atoms with Crippen molar-refractivity contribution in [2.45, 2.75) is 39.4 Å². The molecule has 1 atom stereocenters. The van der Waals surface area contributed by atoms with Crippen molar-refractivity contribution < 1.29 is 9.53 Å². The Kier molecular flexibility index (Phi) is 5.28. The van der Waals surface area contributed by atoms with Crippen LogP contribution < -0.4 is 5.56 Å². The minimum Gasteiger partial charge on any atom is -0.372 e. The fourth-order valence-corrected chi connectivity index (χ4v) is 3.23. The lowest BCUT2D eigenvalue weighted by Gasteiger charge is -2.32. The molecule has 2 aromatic heterocycles. The van der Waals surface area contributed by atoms with Gasteiger partial charge in [-0.05, 0) is 49.9 Å². The van der Waals surface area contributed by atoms with Crippen LogP contribution in [0.15, 0.2) is 35.4 Å². The van der Waals surface area contributed by atoms with E-state index in [1.165, 1.54) is 0 Å². The van der Waals surface area contributed by atoms with Gasteiger partial charge in [0.1, 0.15) is 5.56 Å². The number of hydrogen-bond donors (Lipinski definition) is 1. The number of likely N-dealkylation sites (tertiary alicyclic amines) is 1. The lowest BCUT2D eigenvalue weighted by Crippen LogP contribution is -2.45. The molecule has 1 aliphatic heterocycles. The van der Waals surface area contributed by atoms with Crippen LogP contribution in [0.3, 0.4) is 0 Å². The number of aromatic nitrogens is 2. The number of piperidine rings is 1. The van der Waals surface area contributed by atoms with Gasteiger partial charge in [0.2, 0.25) is 0 Å². The Morgan fingerprint density at radius 3 is 3.00 bits per heavy atom. The highest BCUT2D eigenvalue weighted by Crippen LogP contribution is 2.17. The van der Waals surface area contributed by atoms with Gasteiger partial charge < -0.3 is 14.6 Å². The van der Waals surface area contributed by atoms with Crippen LogP contribution in [0.4, 0.5) is 0 Å². The van der Waals surface area contributed by atoms with Crippen LogP contribution in [0.5, 0.6) is 0 Å².